The summed E-state index contributed by atoms with van der Waals surface area (Å²) in [7, 11) is 0. The molecule has 0 amide bonds. The molecule has 1 atom stereocenters. The lowest BCUT2D eigenvalue weighted by atomic mass is 10.0. The molecule has 0 aliphatic heterocycles. The van der Waals surface area contributed by atoms with Gasteiger partial charge in [-0.25, -0.2) is 4.79 Å². The number of carboxylic acids is 1. The summed E-state index contributed by atoms with van der Waals surface area (Å²) in [5.74, 6) is -0.406. The fraction of sp³-hybridized carbons (Fsp3) is 0.174. The third-order valence-electron chi connectivity index (χ3n) is 4.51. The van der Waals surface area contributed by atoms with Crippen molar-refractivity contribution in [1.29, 1.82) is 0 Å². The average molecular weight is 346 g/mol. The monoisotopic (exact) mass is 346 g/mol. The van der Waals surface area contributed by atoms with E-state index in [1.54, 1.807) is 0 Å². The minimum absolute atomic E-state index is 0.330. The third kappa shape index (κ3) is 4.31. The first kappa shape index (κ1) is 17.7. The molecule has 132 valence electrons. The van der Waals surface area contributed by atoms with Gasteiger partial charge in [-0.05, 0) is 53.8 Å². The number of hydrogen-bond acceptors (Lipinski definition) is 2. The first-order valence-electron chi connectivity index (χ1n) is 8.64. The zero-order chi connectivity index (χ0) is 18.5. The van der Waals surface area contributed by atoms with Crippen molar-refractivity contribution in [3.05, 3.63) is 89.5 Å². The number of aryl methyl sites for hydroxylation is 2. The van der Waals surface area contributed by atoms with Crippen LogP contribution in [0.5, 0.6) is 5.75 Å². The highest BCUT2D eigenvalue weighted by molar-refractivity contribution is 5.73. The fourth-order valence-electron chi connectivity index (χ4n) is 2.84. The molecule has 0 spiro atoms. The van der Waals surface area contributed by atoms with Crippen LogP contribution in [0, 0.1) is 13.8 Å². The van der Waals surface area contributed by atoms with Crippen LogP contribution in [0.2, 0.25) is 0 Å². The van der Waals surface area contributed by atoms with Gasteiger partial charge in [-0.15, -0.1) is 0 Å². The molecule has 0 unspecified atom stereocenters. The number of ether oxygens (including phenoxy) is 1. The van der Waals surface area contributed by atoms with Crippen LogP contribution in [0.4, 0.5) is 0 Å². The van der Waals surface area contributed by atoms with Gasteiger partial charge in [0.2, 0.25) is 0 Å². The second kappa shape index (κ2) is 7.87. The molecule has 0 saturated heterocycles. The molecule has 3 nitrogen and oxygen atoms in total. The van der Waals surface area contributed by atoms with Crippen LogP contribution < -0.4 is 4.74 Å². The van der Waals surface area contributed by atoms with Gasteiger partial charge in [0, 0.05) is 6.42 Å². The molecular formula is C23H22O3. The Bertz CT molecular complexity index is 883. The van der Waals surface area contributed by atoms with E-state index in [4.69, 9.17) is 4.74 Å². The minimum atomic E-state index is -0.963. The van der Waals surface area contributed by atoms with Crippen LogP contribution in [0.15, 0.2) is 72.8 Å². The molecule has 0 saturated carbocycles. The Labute approximate surface area is 153 Å². The van der Waals surface area contributed by atoms with Crippen molar-refractivity contribution in [3.8, 4) is 16.9 Å². The quantitative estimate of drug-likeness (QED) is 0.680. The maximum atomic E-state index is 11.6. The second-order valence-corrected chi connectivity index (χ2v) is 6.46. The van der Waals surface area contributed by atoms with Gasteiger partial charge >= 0.3 is 5.97 Å². The van der Waals surface area contributed by atoms with Gasteiger partial charge in [-0.2, -0.15) is 0 Å². The normalized spacial score (nSPS) is 11.8. The Morgan fingerprint density at radius 3 is 2.15 bits per heavy atom. The van der Waals surface area contributed by atoms with Gasteiger partial charge < -0.3 is 9.84 Å². The van der Waals surface area contributed by atoms with Gasteiger partial charge in [0.15, 0.2) is 6.10 Å². The standard InChI is InChI=1S/C23H22O3/c1-16-8-9-18(14-17(16)2)15-22(23(24)25)26-21-12-10-20(11-13-21)19-6-4-3-5-7-19/h3-14,22H,15H2,1-2H3,(H,24,25)/t22-/m0/s1. The van der Waals surface area contributed by atoms with Gasteiger partial charge in [0.05, 0.1) is 0 Å². The minimum Gasteiger partial charge on any atom is -0.478 e. The highest BCUT2D eigenvalue weighted by Crippen LogP contribution is 2.23. The molecule has 0 radical (unpaired) electrons. The molecule has 3 heteroatoms. The lowest BCUT2D eigenvalue weighted by Crippen LogP contribution is -2.29. The Morgan fingerprint density at radius 2 is 1.54 bits per heavy atom. The maximum absolute atomic E-state index is 11.6. The molecule has 0 heterocycles. The van der Waals surface area contributed by atoms with E-state index in [1.165, 1.54) is 5.56 Å². The summed E-state index contributed by atoms with van der Waals surface area (Å²) >= 11 is 0. The Balaban J connectivity index is 1.73. The SMILES string of the molecule is Cc1ccc(C[C@H](Oc2ccc(-c3ccccc3)cc2)C(=O)O)cc1C. The molecule has 0 aliphatic carbocycles. The highest BCUT2D eigenvalue weighted by Gasteiger charge is 2.20. The van der Waals surface area contributed by atoms with E-state index in [9.17, 15) is 9.90 Å². The summed E-state index contributed by atoms with van der Waals surface area (Å²) in [5.41, 5.74) is 5.49. The summed E-state index contributed by atoms with van der Waals surface area (Å²) in [4.78, 5) is 11.6. The van der Waals surface area contributed by atoms with Crippen LogP contribution >= 0.6 is 0 Å². The van der Waals surface area contributed by atoms with Crippen molar-refractivity contribution < 1.29 is 14.6 Å². The second-order valence-electron chi connectivity index (χ2n) is 6.46. The van der Waals surface area contributed by atoms with E-state index in [0.29, 0.717) is 12.2 Å². The van der Waals surface area contributed by atoms with E-state index in [1.807, 2.05) is 86.6 Å². The van der Waals surface area contributed by atoms with Crippen molar-refractivity contribution in [2.45, 2.75) is 26.4 Å². The van der Waals surface area contributed by atoms with E-state index in [2.05, 4.69) is 0 Å². The Kier molecular flexibility index (Phi) is 5.37. The molecular weight excluding hydrogens is 324 g/mol. The van der Waals surface area contributed by atoms with Crippen molar-refractivity contribution >= 4 is 5.97 Å². The van der Waals surface area contributed by atoms with E-state index in [0.717, 1.165) is 22.3 Å². The number of hydrogen-bond donors (Lipinski definition) is 1. The fourth-order valence-corrected chi connectivity index (χ4v) is 2.84. The topological polar surface area (TPSA) is 46.5 Å². The predicted molar refractivity (Wildman–Crippen MR) is 104 cm³/mol. The number of carbonyl (C=O) groups is 1. The van der Waals surface area contributed by atoms with Crippen molar-refractivity contribution in [1.82, 2.24) is 0 Å². The highest BCUT2D eigenvalue weighted by atomic mass is 16.5. The Morgan fingerprint density at radius 1 is 0.885 bits per heavy atom. The van der Waals surface area contributed by atoms with Crippen molar-refractivity contribution in [2.75, 3.05) is 0 Å². The summed E-state index contributed by atoms with van der Waals surface area (Å²) in [6.07, 6.45) is -0.587. The molecule has 3 rings (SSSR count). The number of carboxylic acid groups (broad SMARTS) is 1. The van der Waals surface area contributed by atoms with Crippen LogP contribution in [0.1, 0.15) is 16.7 Å². The van der Waals surface area contributed by atoms with Crippen LogP contribution in [0.25, 0.3) is 11.1 Å². The number of benzene rings is 3. The lowest BCUT2D eigenvalue weighted by Gasteiger charge is -2.16. The maximum Gasteiger partial charge on any atom is 0.345 e. The number of rotatable bonds is 6. The number of aliphatic carboxylic acids is 1. The summed E-state index contributed by atoms with van der Waals surface area (Å²) < 4.78 is 5.74. The molecule has 0 aliphatic rings. The zero-order valence-electron chi connectivity index (χ0n) is 15.0. The van der Waals surface area contributed by atoms with Gasteiger partial charge in [-0.3, -0.25) is 0 Å². The van der Waals surface area contributed by atoms with Gasteiger partial charge in [0.1, 0.15) is 5.75 Å². The zero-order valence-corrected chi connectivity index (χ0v) is 15.0. The smallest absolute Gasteiger partial charge is 0.345 e. The van der Waals surface area contributed by atoms with Crippen LogP contribution in [-0.4, -0.2) is 17.2 Å². The van der Waals surface area contributed by atoms with Crippen LogP contribution in [-0.2, 0) is 11.2 Å². The van der Waals surface area contributed by atoms with Gasteiger partial charge in [0.25, 0.3) is 0 Å². The van der Waals surface area contributed by atoms with E-state index < -0.39 is 12.1 Å². The molecule has 0 fully saturated rings. The van der Waals surface area contributed by atoms with Crippen LogP contribution in [0.3, 0.4) is 0 Å². The summed E-state index contributed by atoms with van der Waals surface area (Å²) in [6, 6.07) is 23.5. The average Bonchev–Trinajstić information content (AvgIpc) is 2.65. The van der Waals surface area contributed by atoms with Gasteiger partial charge in [-0.1, -0.05) is 60.7 Å². The molecule has 1 N–H and O–H groups in total. The lowest BCUT2D eigenvalue weighted by molar-refractivity contribution is -0.145. The van der Waals surface area contributed by atoms with E-state index >= 15 is 0 Å². The van der Waals surface area contributed by atoms with Crippen molar-refractivity contribution in [2.24, 2.45) is 0 Å². The van der Waals surface area contributed by atoms with Crippen molar-refractivity contribution in [3.63, 3.8) is 0 Å². The first-order valence-corrected chi connectivity index (χ1v) is 8.64. The molecule has 3 aromatic rings. The summed E-state index contributed by atoms with van der Waals surface area (Å²) in [6.45, 7) is 4.07. The predicted octanol–water partition coefficient (Wildman–Crippen LogP) is 5.05. The summed E-state index contributed by atoms with van der Waals surface area (Å²) in [5, 5.41) is 9.53. The third-order valence-corrected chi connectivity index (χ3v) is 4.51. The molecule has 0 aromatic heterocycles. The Hall–Kier alpha value is -3.07. The molecule has 0 bridgehead atoms. The largest absolute Gasteiger partial charge is 0.478 e. The molecule has 26 heavy (non-hydrogen) atoms. The molecule has 3 aromatic carbocycles. The van der Waals surface area contributed by atoms with E-state index in [-0.39, 0.29) is 0 Å². The first-order chi connectivity index (χ1) is 12.5.